The van der Waals surface area contributed by atoms with Gasteiger partial charge in [-0.1, -0.05) is 41.7 Å². The normalized spacial score (nSPS) is 20.4. The zero-order valence-corrected chi connectivity index (χ0v) is 14.9. The second-order valence-corrected chi connectivity index (χ2v) is 6.89. The van der Waals surface area contributed by atoms with Crippen molar-refractivity contribution in [1.82, 2.24) is 15.1 Å². The topological polar surface area (TPSA) is 75.3 Å². The number of hydrogen-bond acceptors (Lipinski definition) is 6. The summed E-state index contributed by atoms with van der Waals surface area (Å²) in [7, 11) is 0. The summed E-state index contributed by atoms with van der Waals surface area (Å²) >= 11 is 1.51. The van der Waals surface area contributed by atoms with E-state index in [-0.39, 0.29) is 18.0 Å². The van der Waals surface area contributed by atoms with Crippen molar-refractivity contribution in [3.8, 4) is 10.6 Å². The fraction of sp³-hybridized carbons (Fsp3) is 0.471. The molecular weight excluding hydrogens is 322 g/mol. The van der Waals surface area contributed by atoms with Crippen LogP contribution in [0.15, 0.2) is 30.3 Å². The summed E-state index contributed by atoms with van der Waals surface area (Å²) in [5, 5.41) is 10.2. The lowest BCUT2D eigenvalue weighted by molar-refractivity contribution is -0.132. The second-order valence-electron chi connectivity index (χ2n) is 5.93. The highest BCUT2D eigenvalue weighted by molar-refractivity contribution is 7.18. The van der Waals surface area contributed by atoms with Crippen LogP contribution < -0.4 is 10.6 Å². The minimum atomic E-state index is -0.239. The van der Waals surface area contributed by atoms with Gasteiger partial charge in [-0.15, -0.1) is 10.2 Å². The molecule has 1 aliphatic heterocycles. The molecule has 2 aromatic rings. The maximum atomic E-state index is 12.8. The lowest BCUT2D eigenvalue weighted by Crippen LogP contribution is -2.45. The van der Waals surface area contributed by atoms with Gasteiger partial charge in [-0.3, -0.25) is 4.79 Å². The van der Waals surface area contributed by atoms with Crippen molar-refractivity contribution in [2.45, 2.75) is 32.4 Å². The van der Waals surface area contributed by atoms with Gasteiger partial charge in [-0.05, 0) is 20.3 Å². The molecule has 128 valence electrons. The minimum absolute atomic E-state index is 0.0152. The van der Waals surface area contributed by atoms with Gasteiger partial charge in [0.05, 0.1) is 0 Å². The lowest BCUT2D eigenvalue weighted by atomic mass is 10.1. The zero-order valence-electron chi connectivity index (χ0n) is 14.1. The number of rotatable bonds is 5. The fourth-order valence-electron chi connectivity index (χ4n) is 3.09. The molecule has 24 heavy (non-hydrogen) atoms. The first-order valence-corrected chi connectivity index (χ1v) is 9.15. The molecule has 3 rings (SSSR count). The Morgan fingerprint density at radius 3 is 2.67 bits per heavy atom. The summed E-state index contributed by atoms with van der Waals surface area (Å²) in [5.74, 6) is 0.129. The third-order valence-electron chi connectivity index (χ3n) is 4.37. The highest BCUT2D eigenvalue weighted by Crippen LogP contribution is 2.33. The summed E-state index contributed by atoms with van der Waals surface area (Å²) < 4.78 is 0. The molecule has 6 nitrogen and oxygen atoms in total. The first kappa shape index (κ1) is 16.9. The smallest absolute Gasteiger partial charge is 0.245 e. The van der Waals surface area contributed by atoms with E-state index in [2.05, 4.69) is 10.2 Å². The van der Waals surface area contributed by atoms with Crippen LogP contribution in [0.25, 0.3) is 10.6 Å². The van der Waals surface area contributed by atoms with E-state index in [1.807, 2.05) is 54.0 Å². The number of carbonyl (C=O) groups excluding carboxylic acids is 1. The van der Waals surface area contributed by atoms with E-state index < -0.39 is 0 Å². The quantitative estimate of drug-likeness (QED) is 0.897. The van der Waals surface area contributed by atoms with Gasteiger partial charge in [0.1, 0.15) is 11.0 Å². The predicted octanol–water partition coefficient (Wildman–Crippen LogP) is 1.98. The van der Waals surface area contributed by atoms with E-state index in [1.165, 1.54) is 11.3 Å². The van der Waals surface area contributed by atoms with Crippen LogP contribution in [0.5, 0.6) is 0 Å². The van der Waals surface area contributed by atoms with Crippen LogP contribution in [0.1, 0.15) is 20.3 Å². The predicted molar refractivity (Wildman–Crippen MR) is 97.0 cm³/mol. The van der Waals surface area contributed by atoms with Crippen LogP contribution in [-0.2, 0) is 4.79 Å². The van der Waals surface area contributed by atoms with Gasteiger partial charge in [-0.2, -0.15) is 0 Å². The molecule has 0 bridgehead atoms. The standard InChI is InChI=1S/C17H23N5OS/c1-3-21(4-2)16(23)14-10-13(18)11-22(14)17-20-19-15(24-17)12-8-6-5-7-9-12/h5-9,13-14H,3-4,10-11,18H2,1-2H3/t13-,14-/m0/s1. The third kappa shape index (κ3) is 3.27. The van der Waals surface area contributed by atoms with Crippen molar-refractivity contribution in [2.75, 3.05) is 24.5 Å². The highest BCUT2D eigenvalue weighted by atomic mass is 32.1. The van der Waals surface area contributed by atoms with Crippen molar-refractivity contribution < 1.29 is 4.79 Å². The SMILES string of the molecule is CCN(CC)C(=O)[C@@H]1C[C@H](N)CN1c1nnc(-c2ccccc2)s1. The Kier molecular flexibility index (Phi) is 5.11. The molecule has 1 saturated heterocycles. The number of nitrogens with zero attached hydrogens (tertiary/aromatic N) is 4. The summed E-state index contributed by atoms with van der Waals surface area (Å²) in [6.07, 6.45) is 0.662. The van der Waals surface area contributed by atoms with Crippen molar-refractivity contribution in [2.24, 2.45) is 5.73 Å². The average molecular weight is 345 g/mol. The summed E-state index contributed by atoms with van der Waals surface area (Å²) in [6, 6.07) is 9.71. The Balaban J connectivity index is 1.84. The molecular formula is C17H23N5OS. The van der Waals surface area contributed by atoms with Crippen LogP contribution in [0.3, 0.4) is 0 Å². The van der Waals surface area contributed by atoms with Gasteiger partial charge in [0.15, 0.2) is 0 Å². The Hall–Kier alpha value is -1.99. The van der Waals surface area contributed by atoms with Gasteiger partial charge in [-0.25, -0.2) is 0 Å². The maximum absolute atomic E-state index is 12.8. The molecule has 2 N–H and O–H groups in total. The van der Waals surface area contributed by atoms with Gasteiger partial charge in [0.2, 0.25) is 11.0 Å². The van der Waals surface area contributed by atoms with E-state index in [1.54, 1.807) is 0 Å². The lowest BCUT2D eigenvalue weighted by Gasteiger charge is -2.28. The van der Waals surface area contributed by atoms with E-state index in [9.17, 15) is 4.79 Å². The fourth-order valence-corrected chi connectivity index (χ4v) is 4.00. The molecule has 0 spiro atoms. The monoisotopic (exact) mass is 345 g/mol. The Labute approximate surface area is 146 Å². The van der Waals surface area contributed by atoms with E-state index in [0.717, 1.165) is 15.7 Å². The summed E-state index contributed by atoms with van der Waals surface area (Å²) in [5.41, 5.74) is 7.17. The Morgan fingerprint density at radius 2 is 2.00 bits per heavy atom. The first-order chi connectivity index (χ1) is 11.6. The molecule has 1 aliphatic rings. The highest BCUT2D eigenvalue weighted by Gasteiger charge is 2.38. The number of aromatic nitrogens is 2. The van der Waals surface area contributed by atoms with Crippen LogP contribution in [-0.4, -0.2) is 52.7 Å². The number of nitrogens with two attached hydrogens (primary N) is 1. The molecule has 1 amide bonds. The first-order valence-electron chi connectivity index (χ1n) is 8.34. The van der Waals surface area contributed by atoms with E-state index in [4.69, 9.17) is 5.73 Å². The number of hydrogen-bond donors (Lipinski definition) is 1. The summed E-state index contributed by atoms with van der Waals surface area (Å²) in [6.45, 7) is 6.06. The van der Waals surface area contributed by atoms with Crippen LogP contribution >= 0.6 is 11.3 Å². The Bertz CT molecular complexity index is 685. The largest absolute Gasteiger partial charge is 0.341 e. The van der Waals surface area contributed by atoms with Crippen molar-refractivity contribution in [1.29, 1.82) is 0 Å². The van der Waals surface area contributed by atoms with Gasteiger partial charge in [0.25, 0.3) is 0 Å². The van der Waals surface area contributed by atoms with Crippen LogP contribution in [0, 0.1) is 0 Å². The molecule has 1 aromatic carbocycles. The minimum Gasteiger partial charge on any atom is -0.341 e. The number of anilines is 1. The third-order valence-corrected chi connectivity index (χ3v) is 5.38. The van der Waals surface area contributed by atoms with Crippen molar-refractivity contribution in [3.05, 3.63) is 30.3 Å². The van der Waals surface area contributed by atoms with Crippen LogP contribution in [0.2, 0.25) is 0 Å². The number of amides is 1. The van der Waals surface area contributed by atoms with Gasteiger partial charge in [0, 0.05) is 31.2 Å². The molecule has 0 saturated carbocycles. The summed E-state index contributed by atoms with van der Waals surface area (Å²) in [4.78, 5) is 16.7. The van der Waals surface area contributed by atoms with E-state index in [0.29, 0.717) is 26.1 Å². The maximum Gasteiger partial charge on any atom is 0.245 e. The molecule has 1 fully saturated rings. The number of carbonyl (C=O) groups is 1. The van der Waals surface area contributed by atoms with Gasteiger partial charge >= 0.3 is 0 Å². The molecule has 1 aromatic heterocycles. The van der Waals surface area contributed by atoms with E-state index >= 15 is 0 Å². The molecule has 2 atom stereocenters. The molecule has 2 heterocycles. The van der Waals surface area contributed by atoms with Gasteiger partial charge < -0.3 is 15.5 Å². The molecule has 0 unspecified atom stereocenters. The second kappa shape index (κ2) is 7.27. The number of benzene rings is 1. The Morgan fingerprint density at radius 1 is 1.29 bits per heavy atom. The zero-order chi connectivity index (χ0) is 17.1. The average Bonchev–Trinajstić information content (AvgIpc) is 3.23. The van der Waals surface area contributed by atoms with Crippen molar-refractivity contribution in [3.63, 3.8) is 0 Å². The molecule has 0 radical (unpaired) electrons. The molecule has 7 heteroatoms. The van der Waals surface area contributed by atoms with Crippen molar-refractivity contribution >= 4 is 22.4 Å². The molecule has 0 aliphatic carbocycles. The van der Waals surface area contributed by atoms with Crippen LogP contribution in [0.4, 0.5) is 5.13 Å². The number of likely N-dealkylation sites (N-methyl/N-ethyl adjacent to an activating group) is 1.